The van der Waals surface area contributed by atoms with Crippen LogP contribution < -0.4 is 15.5 Å². The lowest BCUT2D eigenvalue weighted by atomic mass is 10.1. The van der Waals surface area contributed by atoms with Crippen LogP contribution in [0, 0.1) is 0 Å². The second-order valence-corrected chi connectivity index (χ2v) is 7.12. The molecule has 160 valence electrons. The van der Waals surface area contributed by atoms with Gasteiger partial charge < -0.3 is 20.4 Å². The molecular formula is C20H22F3N5O2. The van der Waals surface area contributed by atoms with Crippen molar-refractivity contribution in [3.05, 3.63) is 47.7 Å². The fourth-order valence-electron chi connectivity index (χ4n) is 3.10. The van der Waals surface area contributed by atoms with E-state index in [1.165, 1.54) is 13.0 Å². The van der Waals surface area contributed by atoms with E-state index in [9.17, 15) is 22.8 Å². The second kappa shape index (κ2) is 8.70. The van der Waals surface area contributed by atoms with Crippen LogP contribution in [-0.2, 0) is 11.0 Å². The highest BCUT2D eigenvalue weighted by Gasteiger charge is 2.32. The van der Waals surface area contributed by atoms with Crippen molar-refractivity contribution in [1.82, 2.24) is 9.88 Å². The third-order valence-corrected chi connectivity index (χ3v) is 4.70. The first-order chi connectivity index (χ1) is 14.1. The molecule has 1 aliphatic rings. The molecule has 2 heterocycles. The second-order valence-electron chi connectivity index (χ2n) is 7.12. The van der Waals surface area contributed by atoms with Gasteiger partial charge in [-0.25, -0.2) is 4.98 Å². The van der Waals surface area contributed by atoms with E-state index in [1.807, 2.05) is 6.07 Å². The van der Waals surface area contributed by atoms with Crippen molar-refractivity contribution in [1.29, 1.82) is 0 Å². The molecule has 1 aliphatic heterocycles. The number of pyridine rings is 1. The lowest BCUT2D eigenvalue weighted by Gasteiger charge is -2.33. The van der Waals surface area contributed by atoms with Crippen LogP contribution in [0.5, 0.6) is 0 Å². The van der Waals surface area contributed by atoms with Crippen LogP contribution in [0.4, 0.5) is 30.4 Å². The number of benzene rings is 1. The zero-order valence-electron chi connectivity index (χ0n) is 16.6. The maximum Gasteiger partial charge on any atom is 0.416 e. The molecule has 0 spiro atoms. The van der Waals surface area contributed by atoms with Crippen molar-refractivity contribution in [3.63, 3.8) is 0 Å². The Kier molecular flexibility index (Phi) is 6.25. The van der Waals surface area contributed by atoms with E-state index in [1.54, 1.807) is 12.3 Å². The molecule has 1 fully saturated rings. The lowest BCUT2D eigenvalue weighted by Crippen LogP contribution is -2.44. The van der Waals surface area contributed by atoms with Gasteiger partial charge in [-0.05, 0) is 37.4 Å². The van der Waals surface area contributed by atoms with Crippen LogP contribution in [0.1, 0.15) is 22.8 Å². The smallest absolute Gasteiger partial charge is 0.368 e. The van der Waals surface area contributed by atoms with Gasteiger partial charge in [0, 0.05) is 44.4 Å². The van der Waals surface area contributed by atoms with Gasteiger partial charge in [-0.2, -0.15) is 13.2 Å². The number of amides is 2. The van der Waals surface area contributed by atoms with Gasteiger partial charge in [0.1, 0.15) is 5.82 Å². The number of likely N-dealkylation sites (N-methyl/N-ethyl adjacent to an activating group) is 1. The van der Waals surface area contributed by atoms with Gasteiger partial charge in [-0.3, -0.25) is 9.59 Å². The van der Waals surface area contributed by atoms with Crippen LogP contribution in [0.2, 0.25) is 0 Å². The summed E-state index contributed by atoms with van der Waals surface area (Å²) >= 11 is 0. The van der Waals surface area contributed by atoms with E-state index < -0.39 is 23.6 Å². The molecule has 2 aromatic rings. The summed E-state index contributed by atoms with van der Waals surface area (Å²) in [6, 6.07) is 6.11. The molecule has 30 heavy (non-hydrogen) atoms. The number of alkyl halides is 3. The maximum absolute atomic E-state index is 13.2. The molecule has 2 N–H and O–H groups in total. The zero-order chi connectivity index (χ0) is 21.9. The molecule has 10 heteroatoms. The normalized spacial score (nSPS) is 15.0. The van der Waals surface area contributed by atoms with E-state index in [-0.39, 0.29) is 17.1 Å². The lowest BCUT2D eigenvalue weighted by molar-refractivity contribution is -0.137. The first-order valence-corrected chi connectivity index (χ1v) is 9.32. The highest BCUT2D eigenvalue weighted by Crippen LogP contribution is 2.32. The molecule has 2 amide bonds. The minimum absolute atomic E-state index is 0.110. The quantitative estimate of drug-likeness (QED) is 0.794. The zero-order valence-corrected chi connectivity index (χ0v) is 16.6. The van der Waals surface area contributed by atoms with E-state index in [2.05, 4.69) is 32.5 Å². The first-order valence-electron chi connectivity index (χ1n) is 9.32. The predicted molar refractivity (Wildman–Crippen MR) is 108 cm³/mol. The third-order valence-electron chi connectivity index (χ3n) is 4.70. The molecular weight excluding hydrogens is 399 g/mol. The van der Waals surface area contributed by atoms with Gasteiger partial charge in [-0.15, -0.1) is 0 Å². The summed E-state index contributed by atoms with van der Waals surface area (Å²) in [5, 5.41) is 4.78. The minimum Gasteiger partial charge on any atom is -0.368 e. The van der Waals surface area contributed by atoms with Crippen molar-refractivity contribution < 1.29 is 22.8 Å². The average molecular weight is 421 g/mol. The van der Waals surface area contributed by atoms with Gasteiger partial charge in [0.25, 0.3) is 5.91 Å². The van der Waals surface area contributed by atoms with Gasteiger partial charge in [-0.1, -0.05) is 0 Å². The highest BCUT2D eigenvalue weighted by molar-refractivity contribution is 6.05. The van der Waals surface area contributed by atoms with Gasteiger partial charge in [0.15, 0.2) is 0 Å². The fraction of sp³-hybridized carbons (Fsp3) is 0.350. The van der Waals surface area contributed by atoms with Crippen molar-refractivity contribution in [3.8, 4) is 0 Å². The Morgan fingerprint density at radius 3 is 2.30 bits per heavy atom. The molecule has 0 radical (unpaired) electrons. The number of halogens is 3. The van der Waals surface area contributed by atoms with Crippen molar-refractivity contribution in [2.75, 3.05) is 48.8 Å². The molecule has 0 atom stereocenters. The maximum atomic E-state index is 13.2. The summed E-state index contributed by atoms with van der Waals surface area (Å²) in [6.07, 6.45) is -3.04. The predicted octanol–water partition coefficient (Wildman–Crippen LogP) is 3.06. The number of anilines is 3. The van der Waals surface area contributed by atoms with E-state index in [4.69, 9.17) is 0 Å². The molecule has 0 aliphatic carbocycles. The molecule has 0 bridgehead atoms. The van der Waals surface area contributed by atoms with Crippen LogP contribution in [0.15, 0.2) is 36.5 Å². The minimum atomic E-state index is -4.66. The summed E-state index contributed by atoms with van der Waals surface area (Å²) < 4.78 is 39.5. The number of nitrogens with one attached hydrogen (secondary N) is 2. The van der Waals surface area contributed by atoms with Crippen LogP contribution in [-0.4, -0.2) is 54.9 Å². The standard InChI is InChI=1S/C20H22F3N5O2/c1-13(29)25-16-10-14(9-15(11-16)20(21,22)23)19(30)26-18-4-3-17(12-24-18)28-7-5-27(2)6-8-28/h3-4,9-12H,5-8H2,1-2H3,(H,25,29)(H,24,26,30). The highest BCUT2D eigenvalue weighted by atomic mass is 19.4. The Bertz CT molecular complexity index is 923. The molecule has 1 saturated heterocycles. The Hall–Kier alpha value is -3.14. The largest absolute Gasteiger partial charge is 0.416 e. The number of hydrogen-bond acceptors (Lipinski definition) is 5. The molecule has 7 nitrogen and oxygen atoms in total. The van der Waals surface area contributed by atoms with Gasteiger partial charge in [0.2, 0.25) is 5.91 Å². The third kappa shape index (κ3) is 5.47. The number of carbonyl (C=O) groups excluding carboxylic acids is 2. The topological polar surface area (TPSA) is 77.6 Å². The Morgan fingerprint density at radius 2 is 1.73 bits per heavy atom. The summed E-state index contributed by atoms with van der Waals surface area (Å²) in [5.74, 6) is -1.08. The molecule has 0 unspecified atom stereocenters. The van der Waals surface area contributed by atoms with Gasteiger partial charge in [0.05, 0.1) is 17.4 Å². The molecule has 1 aromatic carbocycles. The fourth-order valence-corrected chi connectivity index (χ4v) is 3.10. The summed E-state index contributed by atoms with van der Waals surface area (Å²) in [6.45, 7) is 4.77. The Balaban J connectivity index is 1.75. The van der Waals surface area contributed by atoms with Crippen molar-refractivity contribution in [2.45, 2.75) is 13.1 Å². The number of hydrogen-bond donors (Lipinski definition) is 2. The van der Waals surface area contributed by atoms with Crippen LogP contribution >= 0.6 is 0 Å². The molecule has 3 rings (SSSR count). The van der Waals surface area contributed by atoms with E-state index in [0.29, 0.717) is 0 Å². The number of piperazine rings is 1. The van der Waals surface area contributed by atoms with E-state index >= 15 is 0 Å². The Labute approximate surface area is 171 Å². The van der Waals surface area contributed by atoms with Crippen molar-refractivity contribution >= 4 is 29.0 Å². The van der Waals surface area contributed by atoms with Crippen LogP contribution in [0.3, 0.4) is 0 Å². The number of aromatic nitrogens is 1. The summed E-state index contributed by atoms with van der Waals surface area (Å²) in [7, 11) is 2.05. The average Bonchev–Trinajstić information content (AvgIpc) is 2.68. The summed E-state index contributed by atoms with van der Waals surface area (Å²) in [5.41, 5.74) is -0.468. The number of nitrogens with zero attached hydrogens (tertiary/aromatic N) is 3. The Morgan fingerprint density at radius 1 is 1.03 bits per heavy atom. The molecule has 0 saturated carbocycles. The monoisotopic (exact) mass is 421 g/mol. The van der Waals surface area contributed by atoms with E-state index in [0.717, 1.165) is 44.0 Å². The number of carbonyl (C=O) groups is 2. The molecule has 1 aromatic heterocycles. The van der Waals surface area contributed by atoms with Crippen molar-refractivity contribution in [2.24, 2.45) is 0 Å². The van der Waals surface area contributed by atoms with Gasteiger partial charge >= 0.3 is 6.18 Å². The number of rotatable bonds is 4. The summed E-state index contributed by atoms with van der Waals surface area (Å²) in [4.78, 5) is 32.3. The first kappa shape index (κ1) is 21.6. The SMILES string of the molecule is CC(=O)Nc1cc(C(=O)Nc2ccc(N3CCN(C)CC3)cn2)cc(C(F)(F)F)c1. The van der Waals surface area contributed by atoms with Crippen LogP contribution in [0.25, 0.3) is 0 Å².